The molecule has 156 valence electrons. The van der Waals surface area contributed by atoms with Crippen LogP contribution in [0.15, 0.2) is 35.8 Å². The lowest BCUT2D eigenvalue weighted by molar-refractivity contribution is -0.119. The Balaban J connectivity index is 1.62. The predicted octanol–water partition coefficient (Wildman–Crippen LogP) is 4.33. The van der Waals surface area contributed by atoms with Gasteiger partial charge in [-0.05, 0) is 51.0 Å². The van der Waals surface area contributed by atoms with Crippen LogP contribution in [-0.4, -0.2) is 35.0 Å². The van der Waals surface area contributed by atoms with E-state index in [1.54, 1.807) is 36.4 Å². The number of anilines is 2. The molecule has 0 radical (unpaired) electrons. The van der Waals surface area contributed by atoms with Gasteiger partial charge in [-0.15, -0.1) is 11.3 Å². The molecule has 1 aromatic carbocycles. The summed E-state index contributed by atoms with van der Waals surface area (Å²) in [7, 11) is 1.58. The lowest BCUT2D eigenvalue weighted by Gasteiger charge is -2.28. The van der Waals surface area contributed by atoms with Gasteiger partial charge in [-0.3, -0.25) is 14.2 Å². The Labute approximate surface area is 179 Å². The molecule has 0 saturated carbocycles. The maximum atomic E-state index is 13.0. The monoisotopic (exact) mass is 424 g/mol. The molecular weight excluding hydrogens is 400 g/mol. The third-order valence-electron chi connectivity index (χ3n) is 5.34. The number of methoxy groups -OCH3 is 1. The normalized spacial score (nSPS) is 14.1. The second-order valence-corrected chi connectivity index (χ2v) is 8.15. The molecule has 0 unspecified atom stereocenters. The summed E-state index contributed by atoms with van der Waals surface area (Å²) >= 11 is 1.52. The van der Waals surface area contributed by atoms with Gasteiger partial charge in [0.1, 0.15) is 5.75 Å². The van der Waals surface area contributed by atoms with E-state index in [1.165, 1.54) is 11.3 Å². The van der Waals surface area contributed by atoms with E-state index in [0.717, 1.165) is 29.4 Å². The number of aromatic nitrogens is 2. The van der Waals surface area contributed by atoms with Crippen LogP contribution in [0.4, 0.5) is 11.4 Å². The van der Waals surface area contributed by atoms with Crippen LogP contribution >= 0.6 is 11.3 Å². The molecule has 1 aliphatic heterocycles. The highest BCUT2D eigenvalue weighted by molar-refractivity contribution is 7.12. The van der Waals surface area contributed by atoms with Crippen LogP contribution in [0.3, 0.4) is 0 Å². The highest BCUT2D eigenvalue weighted by atomic mass is 32.1. The topological polar surface area (TPSA) is 76.5 Å². The number of carbonyl (C=O) groups excluding carboxylic acids is 2. The van der Waals surface area contributed by atoms with Gasteiger partial charge in [0.25, 0.3) is 5.91 Å². The van der Waals surface area contributed by atoms with E-state index >= 15 is 0 Å². The molecule has 0 atom stereocenters. The van der Waals surface area contributed by atoms with Gasteiger partial charge in [-0.25, -0.2) is 4.98 Å². The zero-order valence-corrected chi connectivity index (χ0v) is 18.1. The SMILES string of the molecule is COc1ccc(NC(=O)c2cc(C)n(-c3nccs3)c2C)cc1N1CCCCC1=O. The minimum atomic E-state index is -0.202. The molecular formula is C22H24N4O3S. The highest BCUT2D eigenvalue weighted by Crippen LogP contribution is 2.34. The van der Waals surface area contributed by atoms with Crippen molar-refractivity contribution in [2.24, 2.45) is 0 Å². The molecule has 0 aliphatic carbocycles. The number of aryl methyl sites for hydroxylation is 1. The molecule has 0 spiro atoms. The van der Waals surface area contributed by atoms with Crippen molar-refractivity contribution in [3.8, 4) is 10.9 Å². The minimum absolute atomic E-state index is 0.0787. The zero-order chi connectivity index (χ0) is 21.3. The molecule has 0 bridgehead atoms. The number of amides is 2. The van der Waals surface area contributed by atoms with Gasteiger partial charge in [-0.2, -0.15) is 0 Å². The molecule has 7 nitrogen and oxygen atoms in total. The number of nitrogens with zero attached hydrogens (tertiary/aromatic N) is 3. The molecule has 8 heteroatoms. The second kappa shape index (κ2) is 8.31. The Kier molecular flexibility index (Phi) is 5.59. The third-order valence-corrected chi connectivity index (χ3v) is 6.09. The first-order chi connectivity index (χ1) is 14.5. The number of benzene rings is 1. The van der Waals surface area contributed by atoms with E-state index in [0.29, 0.717) is 35.7 Å². The molecule has 2 aromatic heterocycles. The number of nitrogens with one attached hydrogen (secondary N) is 1. The molecule has 30 heavy (non-hydrogen) atoms. The van der Waals surface area contributed by atoms with Gasteiger partial charge in [-0.1, -0.05) is 0 Å². The van der Waals surface area contributed by atoms with Crippen molar-refractivity contribution in [3.63, 3.8) is 0 Å². The summed E-state index contributed by atoms with van der Waals surface area (Å²) in [6.07, 6.45) is 4.14. The molecule has 1 aliphatic rings. The van der Waals surface area contributed by atoms with Gasteiger partial charge in [0.2, 0.25) is 5.91 Å². The van der Waals surface area contributed by atoms with E-state index in [-0.39, 0.29) is 11.8 Å². The van der Waals surface area contributed by atoms with Crippen molar-refractivity contribution in [1.82, 2.24) is 9.55 Å². The molecule has 3 heterocycles. The number of carbonyl (C=O) groups is 2. The fourth-order valence-corrected chi connectivity index (χ4v) is 4.60. The first-order valence-electron chi connectivity index (χ1n) is 9.88. The maximum Gasteiger partial charge on any atom is 0.257 e. The fraction of sp³-hybridized carbons (Fsp3) is 0.318. The number of piperidine rings is 1. The van der Waals surface area contributed by atoms with Crippen LogP contribution in [0.1, 0.15) is 41.0 Å². The Morgan fingerprint density at radius 3 is 2.77 bits per heavy atom. The van der Waals surface area contributed by atoms with E-state index in [4.69, 9.17) is 4.74 Å². The summed E-state index contributed by atoms with van der Waals surface area (Å²) in [4.78, 5) is 31.5. The molecule has 2 amide bonds. The minimum Gasteiger partial charge on any atom is -0.495 e. The van der Waals surface area contributed by atoms with Crippen molar-refractivity contribution >= 4 is 34.5 Å². The number of hydrogen-bond acceptors (Lipinski definition) is 5. The van der Waals surface area contributed by atoms with Crippen LogP contribution in [0.25, 0.3) is 5.13 Å². The highest BCUT2D eigenvalue weighted by Gasteiger charge is 2.24. The Morgan fingerprint density at radius 2 is 2.07 bits per heavy atom. The average molecular weight is 425 g/mol. The van der Waals surface area contributed by atoms with Crippen LogP contribution in [0.2, 0.25) is 0 Å². The van der Waals surface area contributed by atoms with Crippen LogP contribution in [0.5, 0.6) is 5.75 Å². The van der Waals surface area contributed by atoms with Crippen molar-refractivity contribution in [2.45, 2.75) is 33.1 Å². The van der Waals surface area contributed by atoms with Crippen LogP contribution < -0.4 is 15.0 Å². The van der Waals surface area contributed by atoms with Gasteiger partial charge in [0, 0.05) is 41.6 Å². The number of hydrogen-bond donors (Lipinski definition) is 1. The van der Waals surface area contributed by atoms with E-state index in [2.05, 4.69) is 10.3 Å². The van der Waals surface area contributed by atoms with Gasteiger partial charge in [0.15, 0.2) is 5.13 Å². The van der Waals surface area contributed by atoms with Crippen LogP contribution in [0, 0.1) is 13.8 Å². The number of ether oxygens (including phenoxy) is 1. The smallest absolute Gasteiger partial charge is 0.257 e. The van der Waals surface area contributed by atoms with Crippen molar-refractivity contribution < 1.29 is 14.3 Å². The number of thiazole rings is 1. The molecule has 1 N–H and O–H groups in total. The predicted molar refractivity (Wildman–Crippen MR) is 118 cm³/mol. The summed E-state index contributed by atoms with van der Waals surface area (Å²) in [5, 5.41) is 5.71. The first-order valence-corrected chi connectivity index (χ1v) is 10.8. The van der Waals surface area contributed by atoms with E-state index in [1.807, 2.05) is 29.9 Å². The Hall–Kier alpha value is -3.13. The zero-order valence-electron chi connectivity index (χ0n) is 17.3. The molecule has 3 aromatic rings. The van der Waals surface area contributed by atoms with Gasteiger partial charge < -0.3 is 15.0 Å². The summed E-state index contributed by atoms with van der Waals surface area (Å²) in [5.74, 6) is 0.493. The molecule has 1 saturated heterocycles. The van der Waals surface area contributed by atoms with E-state index in [9.17, 15) is 9.59 Å². The summed E-state index contributed by atoms with van der Waals surface area (Å²) in [6, 6.07) is 7.24. The third kappa shape index (κ3) is 3.70. The fourth-order valence-electron chi connectivity index (χ4n) is 3.85. The van der Waals surface area contributed by atoms with E-state index < -0.39 is 0 Å². The second-order valence-electron chi connectivity index (χ2n) is 7.28. The standard InChI is InChI=1S/C22H24N4O3S/c1-14-12-17(15(2)26(14)22-23-9-11-30-22)21(28)24-16-7-8-19(29-3)18(13-16)25-10-5-4-6-20(25)27/h7-9,11-13H,4-6,10H2,1-3H3,(H,24,28). The summed E-state index contributed by atoms with van der Waals surface area (Å²) in [5.41, 5.74) is 3.68. The van der Waals surface area contributed by atoms with Crippen molar-refractivity contribution in [2.75, 3.05) is 23.9 Å². The quantitative estimate of drug-likeness (QED) is 0.661. The van der Waals surface area contributed by atoms with Crippen molar-refractivity contribution in [1.29, 1.82) is 0 Å². The maximum absolute atomic E-state index is 13.0. The number of rotatable bonds is 5. The van der Waals surface area contributed by atoms with Gasteiger partial charge >= 0.3 is 0 Å². The van der Waals surface area contributed by atoms with Crippen LogP contribution in [-0.2, 0) is 4.79 Å². The van der Waals surface area contributed by atoms with Gasteiger partial charge in [0.05, 0.1) is 18.4 Å². The average Bonchev–Trinajstić information content (AvgIpc) is 3.36. The van der Waals surface area contributed by atoms with Crippen molar-refractivity contribution in [3.05, 3.63) is 52.8 Å². The summed E-state index contributed by atoms with van der Waals surface area (Å²) in [6.45, 7) is 4.52. The lowest BCUT2D eigenvalue weighted by atomic mass is 10.1. The summed E-state index contributed by atoms with van der Waals surface area (Å²) < 4.78 is 7.43. The Bertz CT molecular complexity index is 1090. The first kappa shape index (κ1) is 20.2. The largest absolute Gasteiger partial charge is 0.495 e. The lowest BCUT2D eigenvalue weighted by Crippen LogP contribution is -2.35. The molecule has 4 rings (SSSR count). The molecule has 1 fully saturated rings. The Morgan fingerprint density at radius 1 is 1.23 bits per heavy atom.